The van der Waals surface area contributed by atoms with Crippen LogP contribution in [0.15, 0.2) is 42.7 Å². The summed E-state index contributed by atoms with van der Waals surface area (Å²) in [5.74, 6) is 1.68. The fraction of sp³-hybridized carbons (Fsp3) is 0.450. The van der Waals surface area contributed by atoms with E-state index in [2.05, 4.69) is 20.0 Å². The molecule has 11 heteroatoms. The zero-order valence-corrected chi connectivity index (χ0v) is 18.2. The number of nitrogens with one attached hydrogen (secondary N) is 1. The summed E-state index contributed by atoms with van der Waals surface area (Å²) in [5.41, 5.74) is -0.447. The Hall–Kier alpha value is -2.39. The average Bonchev–Trinajstić information content (AvgIpc) is 3.05. The number of hydrogen-bond acceptors (Lipinski definition) is 6. The van der Waals surface area contributed by atoms with Crippen LogP contribution in [0, 0.1) is 5.92 Å². The third-order valence-corrected chi connectivity index (χ3v) is 5.45. The zero-order chi connectivity index (χ0) is 20.3. The molecule has 1 aliphatic carbocycles. The van der Waals surface area contributed by atoms with Crippen LogP contribution in [0.1, 0.15) is 25.7 Å². The van der Waals surface area contributed by atoms with Crippen molar-refractivity contribution in [2.45, 2.75) is 37.9 Å². The first-order valence-electron chi connectivity index (χ1n) is 9.59. The van der Waals surface area contributed by atoms with Crippen molar-refractivity contribution >= 4 is 42.5 Å². The number of anilines is 2. The summed E-state index contributed by atoms with van der Waals surface area (Å²) in [7, 11) is 0. The Labute approximate surface area is 191 Å². The second-order valence-corrected chi connectivity index (χ2v) is 7.41. The van der Waals surface area contributed by atoms with Crippen LogP contribution < -0.4 is 15.0 Å². The van der Waals surface area contributed by atoms with Crippen molar-refractivity contribution in [3.63, 3.8) is 0 Å². The fourth-order valence-corrected chi connectivity index (χ4v) is 3.89. The van der Waals surface area contributed by atoms with E-state index in [0.717, 1.165) is 32.2 Å². The lowest BCUT2D eigenvalue weighted by molar-refractivity contribution is -0.0500. The van der Waals surface area contributed by atoms with Crippen molar-refractivity contribution in [3.05, 3.63) is 42.7 Å². The summed E-state index contributed by atoms with van der Waals surface area (Å²) >= 11 is 0. The largest absolute Gasteiger partial charge is 0.441 e. The van der Waals surface area contributed by atoms with Gasteiger partial charge in [0.2, 0.25) is 0 Å². The Morgan fingerprint density at radius 3 is 2.58 bits per heavy atom. The molecule has 0 unspecified atom stereocenters. The molecule has 0 atom stereocenters. The first kappa shape index (κ1) is 24.9. The van der Waals surface area contributed by atoms with Gasteiger partial charge in [-0.1, -0.05) is 6.07 Å². The number of carbonyl (C=O) groups excluding carboxylic acids is 1. The van der Waals surface area contributed by atoms with E-state index >= 15 is 0 Å². The monoisotopic (exact) mass is 476 g/mol. The highest BCUT2D eigenvalue weighted by molar-refractivity contribution is 5.89. The molecular formula is C20H24Cl2F2N4O3. The number of pyridine rings is 2. The summed E-state index contributed by atoms with van der Waals surface area (Å²) in [6.07, 6.45) is 6.03. The summed E-state index contributed by atoms with van der Waals surface area (Å²) in [6.45, 7) is -1.62. The Bertz CT molecular complexity index is 838. The van der Waals surface area contributed by atoms with Gasteiger partial charge in [-0.3, -0.25) is 4.90 Å². The smallest absolute Gasteiger partial charge is 0.416 e. The molecule has 3 heterocycles. The molecule has 7 nitrogen and oxygen atoms in total. The van der Waals surface area contributed by atoms with E-state index < -0.39 is 12.2 Å². The van der Waals surface area contributed by atoms with Gasteiger partial charge in [-0.25, -0.2) is 14.8 Å². The van der Waals surface area contributed by atoms with Crippen molar-refractivity contribution in [3.8, 4) is 5.75 Å². The summed E-state index contributed by atoms with van der Waals surface area (Å²) in [5, 5.41) is 3.23. The maximum Gasteiger partial charge on any atom is 0.416 e. The summed E-state index contributed by atoms with van der Waals surface area (Å²) < 4.78 is 34.4. The van der Waals surface area contributed by atoms with Crippen LogP contribution in [0.4, 0.5) is 25.2 Å². The molecule has 0 aromatic carbocycles. The lowest BCUT2D eigenvalue weighted by Crippen LogP contribution is -2.39. The molecule has 1 spiro atoms. The molecule has 0 bridgehead atoms. The van der Waals surface area contributed by atoms with Crippen LogP contribution >= 0.6 is 24.8 Å². The maximum atomic E-state index is 12.3. The SMILES string of the molecule is Cl.Cl.O=C1O[C@]2(CC[C@H](CNc3ccc(OC(F)F)cn3)CC2)CN1c1ccccn1. The first-order valence-corrected chi connectivity index (χ1v) is 9.59. The second kappa shape index (κ2) is 10.8. The third kappa shape index (κ3) is 6.07. The van der Waals surface area contributed by atoms with Crippen molar-refractivity contribution in [1.29, 1.82) is 0 Å². The van der Waals surface area contributed by atoms with Crippen LogP contribution in [0.25, 0.3) is 0 Å². The van der Waals surface area contributed by atoms with Crippen molar-refractivity contribution in [1.82, 2.24) is 9.97 Å². The number of hydrogen-bond donors (Lipinski definition) is 1. The molecule has 2 aromatic rings. The molecule has 4 rings (SSSR count). The molecule has 0 radical (unpaired) electrons. The Kier molecular flexibility index (Phi) is 8.64. The van der Waals surface area contributed by atoms with E-state index in [-0.39, 0.29) is 36.7 Å². The van der Waals surface area contributed by atoms with Crippen molar-refractivity contribution in [2.24, 2.45) is 5.92 Å². The minimum absolute atomic E-state index is 0. The van der Waals surface area contributed by atoms with Crippen LogP contribution in [0.5, 0.6) is 5.75 Å². The number of nitrogens with zero attached hydrogens (tertiary/aromatic N) is 3. The predicted molar refractivity (Wildman–Crippen MR) is 117 cm³/mol. The van der Waals surface area contributed by atoms with Gasteiger partial charge >= 0.3 is 12.7 Å². The number of ether oxygens (including phenoxy) is 2. The number of halogens is 4. The Balaban J connectivity index is 0.00000171. The minimum atomic E-state index is -2.86. The third-order valence-electron chi connectivity index (χ3n) is 5.45. The Morgan fingerprint density at radius 2 is 1.97 bits per heavy atom. The number of alkyl halides is 2. The van der Waals surface area contributed by atoms with Crippen molar-refractivity contribution in [2.75, 3.05) is 23.3 Å². The molecule has 1 amide bonds. The van der Waals surface area contributed by atoms with Crippen LogP contribution in [0.2, 0.25) is 0 Å². The topological polar surface area (TPSA) is 76.6 Å². The summed E-state index contributed by atoms with van der Waals surface area (Å²) in [6, 6.07) is 8.55. The lowest BCUT2D eigenvalue weighted by Gasteiger charge is -2.35. The molecule has 170 valence electrons. The number of carbonyl (C=O) groups is 1. The molecule has 2 aliphatic rings. The highest BCUT2D eigenvalue weighted by Gasteiger charge is 2.47. The van der Waals surface area contributed by atoms with Crippen molar-refractivity contribution < 1.29 is 23.0 Å². The van der Waals surface area contributed by atoms with Gasteiger partial charge in [-0.05, 0) is 55.9 Å². The van der Waals surface area contributed by atoms with Crippen LogP contribution in [0.3, 0.4) is 0 Å². The molecule has 1 saturated carbocycles. The highest BCUT2D eigenvalue weighted by atomic mass is 35.5. The maximum absolute atomic E-state index is 12.3. The first-order chi connectivity index (χ1) is 14.0. The average molecular weight is 477 g/mol. The quantitative estimate of drug-likeness (QED) is 0.637. The van der Waals surface area contributed by atoms with Crippen LogP contribution in [-0.4, -0.2) is 41.4 Å². The molecule has 2 aromatic heterocycles. The Morgan fingerprint density at radius 1 is 1.19 bits per heavy atom. The number of rotatable bonds is 6. The predicted octanol–water partition coefficient (Wildman–Crippen LogP) is 4.92. The molecular weight excluding hydrogens is 453 g/mol. The minimum Gasteiger partial charge on any atom is -0.441 e. The molecule has 2 fully saturated rings. The van der Waals surface area contributed by atoms with Gasteiger partial charge in [0.05, 0.1) is 12.7 Å². The lowest BCUT2D eigenvalue weighted by atomic mass is 9.78. The van der Waals surface area contributed by atoms with Crippen LogP contribution in [-0.2, 0) is 4.74 Å². The molecule has 31 heavy (non-hydrogen) atoms. The molecule has 1 aliphatic heterocycles. The van der Waals surface area contributed by atoms with E-state index in [1.165, 1.54) is 12.3 Å². The van der Waals surface area contributed by atoms with Gasteiger partial charge < -0.3 is 14.8 Å². The standard InChI is InChI=1S/C20H22F2N4O3.2ClH/c21-18(22)28-15-4-5-16(25-12-15)24-11-14-6-8-20(9-7-14)13-26(19(27)29-20)17-3-1-2-10-23-17;;/h1-5,10,12,14,18H,6-9,11,13H2,(H,24,25);2*1H/t14-,20-;;. The van der Waals surface area contributed by atoms with E-state index in [1.54, 1.807) is 23.2 Å². The van der Waals surface area contributed by atoms with E-state index in [4.69, 9.17) is 4.74 Å². The number of aromatic nitrogens is 2. The van der Waals surface area contributed by atoms with Gasteiger partial charge in [0.25, 0.3) is 0 Å². The molecule has 1 N–H and O–H groups in total. The van der Waals surface area contributed by atoms with Gasteiger partial charge in [0.1, 0.15) is 23.0 Å². The molecule has 1 saturated heterocycles. The zero-order valence-electron chi connectivity index (χ0n) is 16.6. The summed E-state index contributed by atoms with van der Waals surface area (Å²) in [4.78, 5) is 22.3. The van der Waals surface area contributed by atoms with Gasteiger partial charge in [0.15, 0.2) is 0 Å². The fourth-order valence-electron chi connectivity index (χ4n) is 3.89. The van der Waals surface area contributed by atoms with Gasteiger partial charge in [-0.2, -0.15) is 8.78 Å². The van der Waals surface area contributed by atoms with Gasteiger partial charge in [0, 0.05) is 12.7 Å². The highest BCUT2D eigenvalue weighted by Crippen LogP contribution is 2.40. The van der Waals surface area contributed by atoms with E-state index in [9.17, 15) is 13.6 Å². The van der Waals surface area contributed by atoms with E-state index in [0.29, 0.717) is 24.1 Å². The van der Waals surface area contributed by atoms with Gasteiger partial charge in [-0.15, -0.1) is 24.8 Å². The normalized spacial score (nSPS) is 22.5. The second-order valence-electron chi connectivity index (χ2n) is 7.41. The number of amides is 1. The van der Waals surface area contributed by atoms with E-state index in [1.807, 2.05) is 12.1 Å².